The number of hydrogen-bond acceptors (Lipinski definition) is 8. The fraction of sp³-hybridized carbons (Fsp3) is 0.407. The third-order valence-corrected chi connectivity index (χ3v) is 6.32. The van der Waals surface area contributed by atoms with Gasteiger partial charge in [0.25, 0.3) is 0 Å². The Hall–Kier alpha value is -3.20. The van der Waals surface area contributed by atoms with Crippen LogP contribution in [0.3, 0.4) is 0 Å². The van der Waals surface area contributed by atoms with E-state index in [1.807, 2.05) is 49.4 Å². The molecule has 0 amide bonds. The molecule has 0 spiro atoms. The van der Waals surface area contributed by atoms with Gasteiger partial charge in [-0.25, -0.2) is 9.97 Å². The Morgan fingerprint density at radius 2 is 1.91 bits per heavy atom. The highest BCUT2D eigenvalue weighted by molar-refractivity contribution is 5.67. The van der Waals surface area contributed by atoms with Crippen LogP contribution in [0.25, 0.3) is 11.4 Å². The summed E-state index contributed by atoms with van der Waals surface area (Å²) in [6, 6.07) is 14.0. The number of ether oxygens (including phenoxy) is 4. The lowest BCUT2D eigenvalue weighted by molar-refractivity contribution is 0.0358. The number of morpholine rings is 1. The average molecular weight is 477 g/mol. The summed E-state index contributed by atoms with van der Waals surface area (Å²) in [6.45, 7) is 8.35. The summed E-state index contributed by atoms with van der Waals surface area (Å²) in [4.78, 5) is 12.1. The quantitative estimate of drug-likeness (QED) is 0.457. The number of aryl methyl sites for hydroxylation is 1. The molecule has 1 N–H and O–H groups in total. The van der Waals surface area contributed by atoms with Crippen LogP contribution < -0.4 is 14.8 Å². The minimum Gasteiger partial charge on any atom is -0.496 e. The first-order valence-corrected chi connectivity index (χ1v) is 12.1. The van der Waals surface area contributed by atoms with Gasteiger partial charge in [0.15, 0.2) is 5.82 Å². The molecule has 0 radical (unpaired) electrons. The number of benzene rings is 2. The van der Waals surface area contributed by atoms with Crippen LogP contribution in [0.4, 0.5) is 11.5 Å². The molecule has 8 nitrogen and oxygen atoms in total. The normalized spacial score (nSPS) is 15.6. The van der Waals surface area contributed by atoms with E-state index in [1.165, 1.54) is 0 Å². The van der Waals surface area contributed by atoms with Crippen LogP contribution in [-0.2, 0) is 22.7 Å². The van der Waals surface area contributed by atoms with E-state index < -0.39 is 0 Å². The summed E-state index contributed by atoms with van der Waals surface area (Å²) in [5, 5.41) is 3.46. The monoisotopic (exact) mass is 476 g/mol. The van der Waals surface area contributed by atoms with Crippen LogP contribution in [-0.4, -0.2) is 61.4 Å². The number of rotatable bonds is 9. The average Bonchev–Trinajstić information content (AvgIpc) is 3.37. The summed E-state index contributed by atoms with van der Waals surface area (Å²) in [7, 11) is 1.68. The molecule has 0 unspecified atom stereocenters. The summed E-state index contributed by atoms with van der Waals surface area (Å²) in [5.41, 5.74) is 4.83. The topological polar surface area (TPSA) is 78.0 Å². The van der Waals surface area contributed by atoms with Gasteiger partial charge in [0, 0.05) is 36.4 Å². The molecule has 3 heterocycles. The van der Waals surface area contributed by atoms with Gasteiger partial charge in [0.05, 0.1) is 45.8 Å². The molecule has 0 bridgehead atoms. The Morgan fingerprint density at radius 3 is 2.74 bits per heavy atom. The standard InChI is InChI=1S/C27H32N4O4/c1-19-15-21(7-8-25(19)32-2)28-27-23-17-34-18-24(23)29-26(30-27)20-5-3-6-22(16-20)35-12-4-9-31-10-13-33-14-11-31/h3,5-8,15-16H,4,9-14,17-18H2,1-2H3,(H,28,29,30). The number of methoxy groups -OCH3 is 1. The largest absolute Gasteiger partial charge is 0.496 e. The Balaban J connectivity index is 1.30. The second-order valence-electron chi connectivity index (χ2n) is 8.81. The van der Waals surface area contributed by atoms with Gasteiger partial charge in [-0.05, 0) is 49.2 Å². The van der Waals surface area contributed by atoms with Crippen molar-refractivity contribution < 1.29 is 18.9 Å². The lowest BCUT2D eigenvalue weighted by atomic mass is 10.1. The van der Waals surface area contributed by atoms with Crippen molar-refractivity contribution in [2.75, 3.05) is 51.9 Å². The number of aromatic nitrogens is 2. The SMILES string of the molecule is COc1ccc(Nc2nc(-c3cccc(OCCCN4CCOCC4)c3)nc3c2COC3)cc1C. The first kappa shape index (κ1) is 23.5. The number of nitrogens with one attached hydrogen (secondary N) is 1. The second-order valence-corrected chi connectivity index (χ2v) is 8.81. The van der Waals surface area contributed by atoms with Crippen LogP contribution in [0.15, 0.2) is 42.5 Å². The van der Waals surface area contributed by atoms with E-state index in [1.54, 1.807) is 7.11 Å². The molecular weight excluding hydrogens is 444 g/mol. The van der Waals surface area contributed by atoms with E-state index >= 15 is 0 Å². The van der Waals surface area contributed by atoms with Crippen LogP contribution in [0.5, 0.6) is 11.5 Å². The predicted octanol–water partition coefficient (Wildman–Crippen LogP) is 4.34. The summed E-state index contributed by atoms with van der Waals surface area (Å²) in [6.07, 6.45) is 0.978. The van der Waals surface area contributed by atoms with Crippen molar-refractivity contribution in [3.05, 3.63) is 59.3 Å². The molecule has 0 aliphatic carbocycles. The van der Waals surface area contributed by atoms with Crippen LogP contribution in [0, 0.1) is 6.92 Å². The molecule has 35 heavy (non-hydrogen) atoms. The highest BCUT2D eigenvalue weighted by Gasteiger charge is 2.21. The fourth-order valence-corrected chi connectivity index (χ4v) is 4.40. The number of fused-ring (bicyclic) bond motifs is 1. The summed E-state index contributed by atoms with van der Waals surface area (Å²) < 4.78 is 22.5. The Kier molecular flexibility index (Phi) is 7.42. The molecular formula is C27H32N4O4. The van der Waals surface area contributed by atoms with Gasteiger partial charge in [-0.1, -0.05) is 12.1 Å². The first-order valence-electron chi connectivity index (χ1n) is 12.1. The van der Waals surface area contributed by atoms with Gasteiger partial charge in [0.1, 0.15) is 17.3 Å². The second kappa shape index (κ2) is 11.0. The van der Waals surface area contributed by atoms with Crippen LogP contribution in [0.1, 0.15) is 23.2 Å². The minimum atomic E-state index is 0.485. The highest BCUT2D eigenvalue weighted by atomic mass is 16.5. The fourth-order valence-electron chi connectivity index (χ4n) is 4.40. The van der Waals surface area contributed by atoms with Gasteiger partial charge in [-0.2, -0.15) is 0 Å². The lowest BCUT2D eigenvalue weighted by Gasteiger charge is -2.26. The summed E-state index contributed by atoms with van der Waals surface area (Å²) >= 11 is 0. The molecule has 5 rings (SSSR count). The van der Waals surface area contributed by atoms with Gasteiger partial charge in [0.2, 0.25) is 0 Å². The van der Waals surface area contributed by atoms with E-state index in [0.717, 1.165) is 84.7 Å². The first-order chi connectivity index (χ1) is 17.2. The molecule has 2 aromatic carbocycles. The van der Waals surface area contributed by atoms with Crippen molar-refractivity contribution >= 4 is 11.5 Å². The predicted molar refractivity (Wildman–Crippen MR) is 134 cm³/mol. The van der Waals surface area contributed by atoms with E-state index in [2.05, 4.69) is 10.2 Å². The summed E-state index contributed by atoms with van der Waals surface area (Å²) in [5.74, 6) is 3.10. The maximum absolute atomic E-state index is 6.05. The van der Waals surface area contributed by atoms with Crippen LogP contribution in [0.2, 0.25) is 0 Å². The zero-order valence-electron chi connectivity index (χ0n) is 20.4. The number of anilines is 2. The molecule has 0 atom stereocenters. The van der Waals surface area contributed by atoms with Crippen molar-refractivity contribution in [1.82, 2.24) is 14.9 Å². The Labute approximate surface area is 206 Å². The van der Waals surface area contributed by atoms with Crippen molar-refractivity contribution in [3.8, 4) is 22.9 Å². The minimum absolute atomic E-state index is 0.485. The molecule has 1 saturated heterocycles. The maximum Gasteiger partial charge on any atom is 0.162 e. The third kappa shape index (κ3) is 5.73. The molecule has 0 saturated carbocycles. The van der Waals surface area contributed by atoms with E-state index in [0.29, 0.717) is 25.6 Å². The van der Waals surface area contributed by atoms with Crippen LogP contribution >= 0.6 is 0 Å². The van der Waals surface area contributed by atoms with Crippen molar-refractivity contribution in [2.45, 2.75) is 26.6 Å². The molecule has 2 aliphatic heterocycles. The Bertz CT molecular complexity index is 1160. The van der Waals surface area contributed by atoms with Gasteiger partial charge in [-0.15, -0.1) is 0 Å². The van der Waals surface area contributed by atoms with Gasteiger partial charge < -0.3 is 24.3 Å². The maximum atomic E-state index is 6.05. The van der Waals surface area contributed by atoms with Gasteiger partial charge in [-0.3, -0.25) is 4.90 Å². The van der Waals surface area contributed by atoms with Crippen molar-refractivity contribution in [3.63, 3.8) is 0 Å². The molecule has 8 heteroatoms. The van der Waals surface area contributed by atoms with E-state index in [-0.39, 0.29) is 0 Å². The van der Waals surface area contributed by atoms with Crippen molar-refractivity contribution in [2.24, 2.45) is 0 Å². The molecule has 3 aromatic rings. The zero-order valence-corrected chi connectivity index (χ0v) is 20.4. The lowest BCUT2D eigenvalue weighted by Crippen LogP contribution is -2.37. The van der Waals surface area contributed by atoms with E-state index in [4.69, 9.17) is 28.9 Å². The molecule has 2 aliphatic rings. The number of hydrogen-bond donors (Lipinski definition) is 1. The molecule has 1 fully saturated rings. The zero-order chi connectivity index (χ0) is 24.0. The molecule has 1 aromatic heterocycles. The molecule has 184 valence electrons. The van der Waals surface area contributed by atoms with Gasteiger partial charge >= 0.3 is 0 Å². The smallest absolute Gasteiger partial charge is 0.162 e. The number of nitrogens with zero attached hydrogens (tertiary/aromatic N) is 3. The van der Waals surface area contributed by atoms with E-state index in [9.17, 15) is 0 Å². The van der Waals surface area contributed by atoms with Crippen molar-refractivity contribution in [1.29, 1.82) is 0 Å². The third-order valence-electron chi connectivity index (χ3n) is 6.32. The highest BCUT2D eigenvalue weighted by Crippen LogP contribution is 2.32. The Morgan fingerprint density at radius 1 is 1.03 bits per heavy atom.